The average Bonchev–Trinajstić information content (AvgIpc) is 2.94. The second-order valence-corrected chi connectivity index (χ2v) is 6.15. The highest BCUT2D eigenvalue weighted by atomic mass is 32.1. The van der Waals surface area contributed by atoms with E-state index in [1.807, 2.05) is 18.2 Å². The Balaban J connectivity index is 1.39. The largest absolute Gasteiger partial charge is 0.455 e. The molecule has 2 aromatic heterocycles. The average molecular weight is 311 g/mol. The van der Waals surface area contributed by atoms with Gasteiger partial charge in [-0.2, -0.15) is 0 Å². The number of fused-ring (bicyclic) bond motifs is 1. The lowest BCUT2D eigenvalue weighted by atomic mass is 10.2. The fourth-order valence-electron chi connectivity index (χ4n) is 2.37. The summed E-state index contributed by atoms with van der Waals surface area (Å²) in [6, 6.07) is 11.5. The second-order valence-electron chi connectivity index (χ2n) is 5.14. The predicted molar refractivity (Wildman–Crippen MR) is 85.3 cm³/mol. The number of rotatable bonds is 3. The van der Waals surface area contributed by atoms with Crippen LogP contribution in [0.3, 0.4) is 0 Å². The summed E-state index contributed by atoms with van der Waals surface area (Å²) in [5.41, 5.74) is 1.50. The van der Waals surface area contributed by atoms with Crippen molar-refractivity contribution in [1.82, 2.24) is 9.97 Å². The quantitative estimate of drug-likeness (QED) is 0.696. The number of thiazole rings is 1. The SMILES string of the molecule is O=C(OC1CN(c2nc3ccccc3s2)C1)c1cccnc1. The van der Waals surface area contributed by atoms with E-state index in [1.54, 1.807) is 29.7 Å². The first-order chi connectivity index (χ1) is 10.8. The first-order valence-electron chi connectivity index (χ1n) is 7.01. The zero-order valence-electron chi connectivity index (χ0n) is 11.7. The molecule has 0 bridgehead atoms. The molecule has 3 aromatic rings. The maximum absolute atomic E-state index is 11.9. The van der Waals surface area contributed by atoms with Crippen LogP contribution in [-0.4, -0.2) is 35.1 Å². The van der Waals surface area contributed by atoms with Gasteiger partial charge in [0, 0.05) is 12.4 Å². The van der Waals surface area contributed by atoms with Gasteiger partial charge in [0.25, 0.3) is 0 Å². The van der Waals surface area contributed by atoms with Crippen molar-refractivity contribution in [1.29, 1.82) is 0 Å². The number of carbonyl (C=O) groups is 1. The van der Waals surface area contributed by atoms with E-state index in [1.165, 1.54) is 10.9 Å². The smallest absolute Gasteiger partial charge is 0.340 e. The number of pyridine rings is 1. The monoisotopic (exact) mass is 311 g/mol. The Bertz CT molecular complexity index is 779. The number of esters is 1. The van der Waals surface area contributed by atoms with Gasteiger partial charge < -0.3 is 9.64 Å². The summed E-state index contributed by atoms with van der Waals surface area (Å²) < 4.78 is 6.63. The molecule has 0 atom stereocenters. The fraction of sp³-hybridized carbons (Fsp3) is 0.188. The minimum Gasteiger partial charge on any atom is -0.455 e. The third-order valence-corrected chi connectivity index (χ3v) is 4.67. The van der Waals surface area contributed by atoms with Gasteiger partial charge in [0.05, 0.1) is 28.9 Å². The Morgan fingerprint density at radius 2 is 2.09 bits per heavy atom. The van der Waals surface area contributed by atoms with Crippen molar-refractivity contribution in [3.63, 3.8) is 0 Å². The Morgan fingerprint density at radius 1 is 1.23 bits per heavy atom. The van der Waals surface area contributed by atoms with Crippen molar-refractivity contribution in [2.45, 2.75) is 6.10 Å². The van der Waals surface area contributed by atoms with Gasteiger partial charge in [-0.3, -0.25) is 4.98 Å². The molecule has 1 aromatic carbocycles. The predicted octanol–water partition coefficient (Wildman–Crippen LogP) is 2.74. The molecule has 0 spiro atoms. The highest BCUT2D eigenvalue weighted by Gasteiger charge is 2.32. The molecule has 0 aliphatic carbocycles. The summed E-state index contributed by atoms with van der Waals surface area (Å²) in [5.74, 6) is -0.318. The van der Waals surface area contributed by atoms with E-state index in [2.05, 4.69) is 20.9 Å². The Kier molecular flexibility index (Phi) is 3.23. The summed E-state index contributed by atoms with van der Waals surface area (Å²) in [7, 11) is 0. The standard InChI is InChI=1S/C16H13N3O2S/c20-15(11-4-3-7-17-8-11)21-12-9-19(10-12)16-18-13-5-1-2-6-14(13)22-16/h1-8,12H,9-10H2. The summed E-state index contributed by atoms with van der Waals surface area (Å²) in [6.45, 7) is 1.37. The molecule has 3 heterocycles. The van der Waals surface area contributed by atoms with Crippen molar-refractivity contribution in [2.75, 3.05) is 18.0 Å². The molecule has 1 aliphatic rings. The lowest BCUT2D eigenvalue weighted by molar-refractivity contribution is 0.0234. The number of anilines is 1. The molecule has 4 rings (SSSR count). The van der Waals surface area contributed by atoms with E-state index in [4.69, 9.17) is 4.74 Å². The molecule has 1 aliphatic heterocycles. The zero-order chi connectivity index (χ0) is 14.9. The molecule has 0 amide bonds. The van der Waals surface area contributed by atoms with Gasteiger partial charge in [-0.15, -0.1) is 0 Å². The van der Waals surface area contributed by atoms with Gasteiger partial charge in [-0.1, -0.05) is 23.5 Å². The first kappa shape index (κ1) is 13.2. The number of nitrogens with zero attached hydrogens (tertiary/aromatic N) is 3. The van der Waals surface area contributed by atoms with Crippen LogP contribution in [0.25, 0.3) is 10.2 Å². The maximum Gasteiger partial charge on any atom is 0.340 e. The van der Waals surface area contributed by atoms with E-state index in [0.717, 1.165) is 10.6 Å². The van der Waals surface area contributed by atoms with E-state index >= 15 is 0 Å². The number of ether oxygens (including phenoxy) is 1. The van der Waals surface area contributed by atoms with Crippen LogP contribution in [0.15, 0.2) is 48.8 Å². The van der Waals surface area contributed by atoms with Gasteiger partial charge in [0.1, 0.15) is 6.10 Å². The maximum atomic E-state index is 11.9. The molecule has 1 fully saturated rings. The Labute approximate surface area is 131 Å². The fourth-order valence-corrected chi connectivity index (χ4v) is 3.35. The summed E-state index contributed by atoms with van der Waals surface area (Å²) in [4.78, 5) is 22.6. The van der Waals surface area contributed by atoms with Gasteiger partial charge in [0.2, 0.25) is 0 Å². The highest BCUT2D eigenvalue weighted by Crippen LogP contribution is 2.31. The third-order valence-electron chi connectivity index (χ3n) is 3.57. The van der Waals surface area contributed by atoms with Crippen molar-refractivity contribution in [2.24, 2.45) is 0 Å². The van der Waals surface area contributed by atoms with Crippen molar-refractivity contribution in [3.05, 3.63) is 54.4 Å². The summed E-state index contributed by atoms with van der Waals surface area (Å²) >= 11 is 1.66. The molecule has 0 saturated carbocycles. The number of carbonyl (C=O) groups excluding carboxylic acids is 1. The van der Waals surface area contributed by atoms with Crippen LogP contribution in [0.5, 0.6) is 0 Å². The van der Waals surface area contributed by atoms with E-state index in [9.17, 15) is 4.79 Å². The minimum atomic E-state index is -0.318. The van der Waals surface area contributed by atoms with Crippen molar-refractivity contribution >= 4 is 32.7 Å². The van der Waals surface area contributed by atoms with Crippen LogP contribution in [0.1, 0.15) is 10.4 Å². The van der Waals surface area contributed by atoms with Crippen LogP contribution in [-0.2, 0) is 4.74 Å². The number of hydrogen-bond donors (Lipinski definition) is 0. The first-order valence-corrected chi connectivity index (χ1v) is 7.83. The second kappa shape index (κ2) is 5.38. The van der Waals surface area contributed by atoms with Gasteiger partial charge in [-0.05, 0) is 24.3 Å². The summed E-state index contributed by atoms with van der Waals surface area (Å²) in [5, 5.41) is 0.981. The molecule has 110 valence electrons. The molecule has 6 heteroatoms. The van der Waals surface area contributed by atoms with Crippen molar-refractivity contribution in [3.8, 4) is 0 Å². The summed E-state index contributed by atoms with van der Waals surface area (Å²) in [6.07, 6.45) is 3.07. The van der Waals surface area contributed by atoms with Gasteiger partial charge in [-0.25, -0.2) is 9.78 Å². The molecular formula is C16H13N3O2S. The number of para-hydroxylation sites is 1. The van der Waals surface area contributed by atoms with Crippen molar-refractivity contribution < 1.29 is 9.53 Å². The topological polar surface area (TPSA) is 55.3 Å². The molecule has 1 saturated heterocycles. The van der Waals surface area contributed by atoms with Crippen LogP contribution in [0.2, 0.25) is 0 Å². The minimum absolute atomic E-state index is 0.0836. The van der Waals surface area contributed by atoms with Crippen LogP contribution in [0.4, 0.5) is 5.13 Å². The van der Waals surface area contributed by atoms with Crippen LogP contribution >= 0.6 is 11.3 Å². The van der Waals surface area contributed by atoms with Gasteiger partial charge >= 0.3 is 5.97 Å². The van der Waals surface area contributed by atoms with E-state index in [-0.39, 0.29) is 12.1 Å². The molecular weight excluding hydrogens is 298 g/mol. The van der Waals surface area contributed by atoms with Crippen LogP contribution < -0.4 is 4.90 Å². The lowest BCUT2D eigenvalue weighted by Gasteiger charge is -2.38. The Morgan fingerprint density at radius 3 is 2.86 bits per heavy atom. The lowest BCUT2D eigenvalue weighted by Crippen LogP contribution is -2.53. The normalized spacial score (nSPS) is 14.8. The molecule has 0 radical (unpaired) electrons. The molecule has 0 N–H and O–H groups in total. The molecule has 0 unspecified atom stereocenters. The highest BCUT2D eigenvalue weighted by molar-refractivity contribution is 7.22. The number of benzene rings is 1. The molecule has 5 nitrogen and oxygen atoms in total. The number of hydrogen-bond acceptors (Lipinski definition) is 6. The zero-order valence-corrected chi connectivity index (χ0v) is 12.5. The van der Waals surface area contributed by atoms with E-state index < -0.39 is 0 Å². The number of aromatic nitrogens is 2. The third kappa shape index (κ3) is 2.42. The van der Waals surface area contributed by atoms with Crippen LogP contribution in [0, 0.1) is 0 Å². The van der Waals surface area contributed by atoms with Gasteiger partial charge in [0.15, 0.2) is 5.13 Å². The Hall–Kier alpha value is -2.47. The van der Waals surface area contributed by atoms with E-state index in [0.29, 0.717) is 18.7 Å². The molecule has 22 heavy (non-hydrogen) atoms.